The maximum Gasteiger partial charge on any atom is 0.254 e. The summed E-state index contributed by atoms with van der Waals surface area (Å²) in [6, 6.07) is 16.7. The fraction of sp³-hybridized carbons (Fsp3) is 0.167. The number of halogens is 2. The van der Waals surface area contributed by atoms with Crippen molar-refractivity contribution in [3.8, 4) is 17.2 Å². The summed E-state index contributed by atoms with van der Waals surface area (Å²) in [4.78, 5) is 24.3. The molecule has 0 radical (unpaired) electrons. The fourth-order valence-electron chi connectivity index (χ4n) is 2.83. The van der Waals surface area contributed by atoms with Gasteiger partial charge in [0.25, 0.3) is 5.91 Å². The summed E-state index contributed by atoms with van der Waals surface area (Å²) in [7, 11) is 0. The summed E-state index contributed by atoms with van der Waals surface area (Å²) in [6.07, 6.45) is -0.0497. The number of amides is 2. The van der Waals surface area contributed by atoms with Crippen LogP contribution in [0.3, 0.4) is 0 Å². The number of hydrogen-bond acceptors (Lipinski definition) is 4. The van der Waals surface area contributed by atoms with E-state index in [0.29, 0.717) is 29.9 Å². The average molecular weight is 440 g/mol. The van der Waals surface area contributed by atoms with Crippen LogP contribution in [0.2, 0.25) is 0 Å². The van der Waals surface area contributed by atoms with Crippen LogP contribution < -0.4 is 20.1 Å². The number of anilines is 1. The summed E-state index contributed by atoms with van der Waals surface area (Å²) in [6.45, 7) is 2.44. The van der Waals surface area contributed by atoms with Crippen LogP contribution in [0, 0.1) is 11.6 Å². The molecule has 3 rings (SSSR count). The Hall–Kier alpha value is -3.94. The van der Waals surface area contributed by atoms with Crippen LogP contribution in [0.15, 0.2) is 66.7 Å². The lowest BCUT2D eigenvalue weighted by atomic mass is 10.2. The van der Waals surface area contributed by atoms with E-state index >= 15 is 0 Å². The van der Waals surface area contributed by atoms with E-state index < -0.39 is 17.5 Å². The minimum absolute atomic E-state index is 0.0244. The van der Waals surface area contributed by atoms with Gasteiger partial charge in [0.15, 0.2) is 5.75 Å². The Morgan fingerprint density at radius 1 is 0.938 bits per heavy atom. The quantitative estimate of drug-likeness (QED) is 0.496. The second-order valence-electron chi connectivity index (χ2n) is 6.68. The third kappa shape index (κ3) is 6.28. The monoisotopic (exact) mass is 440 g/mol. The molecule has 2 N–H and O–H groups in total. The van der Waals surface area contributed by atoms with Gasteiger partial charge in [-0.15, -0.1) is 0 Å². The van der Waals surface area contributed by atoms with E-state index in [2.05, 4.69) is 10.6 Å². The summed E-state index contributed by atoms with van der Waals surface area (Å²) in [5.41, 5.74) is 0.170. The second kappa shape index (κ2) is 10.9. The van der Waals surface area contributed by atoms with Gasteiger partial charge in [0.05, 0.1) is 17.9 Å². The third-order valence-corrected chi connectivity index (χ3v) is 4.34. The predicted molar refractivity (Wildman–Crippen MR) is 116 cm³/mol. The van der Waals surface area contributed by atoms with Crippen molar-refractivity contribution >= 4 is 17.5 Å². The third-order valence-electron chi connectivity index (χ3n) is 4.34. The number of nitrogens with one attached hydrogen (secondary N) is 2. The molecule has 0 aliphatic carbocycles. The molecule has 0 aliphatic rings. The van der Waals surface area contributed by atoms with Crippen molar-refractivity contribution in [2.24, 2.45) is 0 Å². The first-order chi connectivity index (χ1) is 15.5. The van der Waals surface area contributed by atoms with Gasteiger partial charge in [0.2, 0.25) is 5.91 Å². The molecule has 0 bridgehead atoms. The highest BCUT2D eigenvalue weighted by molar-refractivity contribution is 5.95. The second-order valence-corrected chi connectivity index (χ2v) is 6.68. The highest BCUT2D eigenvalue weighted by Gasteiger charge is 2.13. The van der Waals surface area contributed by atoms with E-state index in [-0.39, 0.29) is 24.4 Å². The van der Waals surface area contributed by atoms with Crippen LogP contribution in [0.1, 0.15) is 23.7 Å². The van der Waals surface area contributed by atoms with Crippen molar-refractivity contribution in [3.63, 3.8) is 0 Å². The molecule has 0 unspecified atom stereocenters. The van der Waals surface area contributed by atoms with Gasteiger partial charge in [-0.25, -0.2) is 8.78 Å². The number of hydrogen-bond donors (Lipinski definition) is 2. The van der Waals surface area contributed by atoms with Gasteiger partial charge in [-0.05, 0) is 55.5 Å². The minimum Gasteiger partial charge on any atom is -0.494 e. The molecule has 3 aromatic rings. The Bertz CT molecular complexity index is 1090. The van der Waals surface area contributed by atoms with Crippen LogP contribution in [-0.2, 0) is 4.79 Å². The largest absolute Gasteiger partial charge is 0.494 e. The Balaban J connectivity index is 1.54. The Morgan fingerprint density at radius 2 is 1.66 bits per heavy atom. The minimum atomic E-state index is -0.965. The van der Waals surface area contributed by atoms with E-state index in [4.69, 9.17) is 9.47 Å². The van der Waals surface area contributed by atoms with Crippen LogP contribution in [-0.4, -0.2) is 25.0 Å². The zero-order valence-electron chi connectivity index (χ0n) is 17.4. The molecule has 0 aliphatic heterocycles. The molecule has 0 saturated heterocycles. The van der Waals surface area contributed by atoms with Crippen molar-refractivity contribution < 1.29 is 27.8 Å². The first-order valence-electron chi connectivity index (χ1n) is 9.99. The number of carbonyl (C=O) groups excluding carboxylic acids is 2. The molecule has 0 spiro atoms. The lowest BCUT2D eigenvalue weighted by Crippen LogP contribution is -2.28. The van der Waals surface area contributed by atoms with Crippen molar-refractivity contribution in [1.82, 2.24) is 5.32 Å². The standard InChI is InChI=1S/C24H22F2N2O4/c1-2-31-17-8-10-18(11-9-17)32-22-6-4-3-5-21(22)28-23(29)13-14-27-24(30)19-12-7-16(25)15-20(19)26/h3-12,15H,2,13-14H2,1H3,(H,27,30)(H,28,29). The first kappa shape index (κ1) is 22.7. The molecule has 0 heterocycles. The van der Waals surface area contributed by atoms with Crippen molar-refractivity contribution in [2.45, 2.75) is 13.3 Å². The van der Waals surface area contributed by atoms with E-state index in [1.807, 2.05) is 6.92 Å². The zero-order valence-corrected chi connectivity index (χ0v) is 17.4. The van der Waals surface area contributed by atoms with Crippen LogP contribution >= 0.6 is 0 Å². The van der Waals surface area contributed by atoms with Gasteiger partial charge in [0.1, 0.15) is 23.1 Å². The highest BCUT2D eigenvalue weighted by Crippen LogP contribution is 2.30. The number of para-hydroxylation sites is 2. The van der Waals surface area contributed by atoms with Gasteiger partial charge in [-0.1, -0.05) is 12.1 Å². The predicted octanol–water partition coefficient (Wildman–Crippen LogP) is 4.91. The maximum atomic E-state index is 13.7. The molecule has 8 heteroatoms. The molecule has 0 fully saturated rings. The molecule has 166 valence electrons. The Kier molecular flexibility index (Phi) is 7.75. The molecule has 6 nitrogen and oxygen atoms in total. The normalized spacial score (nSPS) is 10.3. The Morgan fingerprint density at radius 3 is 2.38 bits per heavy atom. The van der Waals surface area contributed by atoms with E-state index in [1.165, 1.54) is 0 Å². The van der Waals surface area contributed by atoms with E-state index in [0.717, 1.165) is 17.9 Å². The van der Waals surface area contributed by atoms with Crippen molar-refractivity contribution in [3.05, 3.63) is 83.9 Å². The summed E-state index contributed by atoms with van der Waals surface area (Å²) < 4.78 is 37.9. The summed E-state index contributed by atoms with van der Waals surface area (Å²) in [5, 5.41) is 5.17. The summed E-state index contributed by atoms with van der Waals surface area (Å²) in [5.74, 6) is -1.09. The van der Waals surface area contributed by atoms with Gasteiger partial charge in [0, 0.05) is 19.0 Å². The van der Waals surface area contributed by atoms with Gasteiger partial charge < -0.3 is 20.1 Å². The Labute approximate surface area is 184 Å². The molecular weight excluding hydrogens is 418 g/mol. The molecule has 0 saturated carbocycles. The average Bonchev–Trinajstić information content (AvgIpc) is 2.76. The number of carbonyl (C=O) groups is 2. The van der Waals surface area contributed by atoms with Crippen molar-refractivity contribution in [2.75, 3.05) is 18.5 Å². The summed E-state index contributed by atoms with van der Waals surface area (Å²) >= 11 is 0. The van der Waals surface area contributed by atoms with Gasteiger partial charge in [-0.3, -0.25) is 9.59 Å². The molecular formula is C24H22F2N2O4. The molecule has 0 atom stereocenters. The van der Waals surface area contributed by atoms with Crippen LogP contribution in [0.4, 0.5) is 14.5 Å². The van der Waals surface area contributed by atoms with Gasteiger partial charge >= 0.3 is 0 Å². The maximum absolute atomic E-state index is 13.7. The lowest BCUT2D eigenvalue weighted by Gasteiger charge is -2.13. The number of benzene rings is 3. The molecule has 0 aromatic heterocycles. The first-order valence-corrected chi connectivity index (χ1v) is 9.99. The molecule has 2 amide bonds. The van der Waals surface area contributed by atoms with Crippen molar-refractivity contribution in [1.29, 1.82) is 0 Å². The topological polar surface area (TPSA) is 76.7 Å². The lowest BCUT2D eigenvalue weighted by molar-refractivity contribution is -0.116. The van der Waals surface area contributed by atoms with Gasteiger partial charge in [-0.2, -0.15) is 0 Å². The van der Waals surface area contributed by atoms with Crippen LogP contribution in [0.25, 0.3) is 0 Å². The fourth-order valence-corrected chi connectivity index (χ4v) is 2.83. The zero-order chi connectivity index (χ0) is 22.9. The van der Waals surface area contributed by atoms with Crippen LogP contribution in [0.5, 0.6) is 17.2 Å². The van der Waals surface area contributed by atoms with E-state index in [1.54, 1.807) is 48.5 Å². The number of rotatable bonds is 9. The molecule has 32 heavy (non-hydrogen) atoms. The SMILES string of the molecule is CCOc1ccc(Oc2ccccc2NC(=O)CCNC(=O)c2ccc(F)cc2F)cc1. The molecule has 3 aromatic carbocycles. The smallest absolute Gasteiger partial charge is 0.254 e. The number of ether oxygens (including phenoxy) is 2. The van der Waals surface area contributed by atoms with E-state index in [9.17, 15) is 18.4 Å². The highest BCUT2D eigenvalue weighted by atomic mass is 19.1.